The molecule has 0 aromatic heterocycles. The van der Waals surface area contributed by atoms with E-state index in [0.717, 1.165) is 37.4 Å². The minimum atomic E-state index is -0.411. The van der Waals surface area contributed by atoms with E-state index in [1.807, 2.05) is 12.1 Å². The fraction of sp³-hybridized carbons (Fsp3) is 0.600. The van der Waals surface area contributed by atoms with Crippen LogP contribution in [-0.4, -0.2) is 37.7 Å². The van der Waals surface area contributed by atoms with Crippen LogP contribution in [0.1, 0.15) is 56.0 Å². The van der Waals surface area contributed by atoms with Crippen molar-refractivity contribution in [3.63, 3.8) is 0 Å². The fourth-order valence-electron chi connectivity index (χ4n) is 3.92. The Bertz CT molecular complexity index is 629. The lowest BCUT2D eigenvalue weighted by molar-refractivity contribution is -0.133. The van der Waals surface area contributed by atoms with Crippen LogP contribution in [0.25, 0.3) is 0 Å². The number of ether oxygens (including phenoxy) is 1. The number of benzene rings is 1. The molecule has 4 N–H and O–H groups in total. The summed E-state index contributed by atoms with van der Waals surface area (Å²) in [5, 5.41) is 6.92. The molecule has 2 rings (SSSR count). The molecule has 2 unspecified atom stereocenters. The zero-order valence-corrected chi connectivity index (χ0v) is 19.1. The van der Waals surface area contributed by atoms with Crippen molar-refractivity contribution in [2.45, 2.75) is 58.7 Å². The van der Waals surface area contributed by atoms with Crippen LogP contribution in [0.5, 0.6) is 0 Å². The molecule has 1 aliphatic rings. The second kappa shape index (κ2) is 10.8. The maximum Gasteiger partial charge on any atom is 0.248 e. The van der Waals surface area contributed by atoms with E-state index in [-0.39, 0.29) is 29.4 Å². The molecule has 0 saturated heterocycles. The molecule has 1 amide bonds. The van der Waals surface area contributed by atoms with E-state index in [1.54, 1.807) is 19.2 Å². The lowest BCUT2D eigenvalue weighted by Gasteiger charge is -2.55. The highest BCUT2D eigenvalue weighted by atomic mass is 127. The van der Waals surface area contributed by atoms with Crippen molar-refractivity contribution in [3.05, 3.63) is 35.4 Å². The molecule has 0 radical (unpaired) electrons. The number of hydrogen-bond acceptors (Lipinski definition) is 3. The van der Waals surface area contributed by atoms with Crippen LogP contribution in [0, 0.1) is 5.41 Å². The molecule has 6 nitrogen and oxygen atoms in total. The van der Waals surface area contributed by atoms with Crippen LogP contribution in [0.15, 0.2) is 29.3 Å². The summed E-state index contributed by atoms with van der Waals surface area (Å²) in [6.07, 6.45) is 3.48. The molecule has 2 atom stereocenters. The first-order valence-corrected chi connectivity index (χ1v) is 9.48. The van der Waals surface area contributed by atoms with Gasteiger partial charge in [0.1, 0.15) is 0 Å². The summed E-state index contributed by atoms with van der Waals surface area (Å²) < 4.78 is 5.94. The highest BCUT2D eigenvalue weighted by molar-refractivity contribution is 14.0. The number of guanidine groups is 1. The molecular formula is C20H33IN4O2. The van der Waals surface area contributed by atoms with Gasteiger partial charge in [-0.25, -0.2) is 0 Å². The lowest BCUT2D eigenvalue weighted by Crippen LogP contribution is -2.65. The predicted octanol–water partition coefficient (Wildman–Crippen LogP) is 3.05. The Morgan fingerprint density at radius 3 is 2.37 bits per heavy atom. The molecule has 1 aromatic rings. The van der Waals surface area contributed by atoms with Gasteiger partial charge in [0.25, 0.3) is 0 Å². The molecule has 0 heterocycles. The monoisotopic (exact) mass is 488 g/mol. The van der Waals surface area contributed by atoms with Crippen molar-refractivity contribution in [1.29, 1.82) is 0 Å². The van der Waals surface area contributed by atoms with Crippen LogP contribution in [-0.2, 0) is 11.3 Å². The van der Waals surface area contributed by atoms with E-state index in [2.05, 4.69) is 36.4 Å². The molecule has 7 heteroatoms. The number of hydrogen-bond donors (Lipinski definition) is 3. The molecular weight excluding hydrogens is 455 g/mol. The fourth-order valence-corrected chi connectivity index (χ4v) is 3.92. The molecule has 1 saturated carbocycles. The Morgan fingerprint density at radius 2 is 1.89 bits per heavy atom. The van der Waals surface area contributed by atoms with Gasteiger partial charge < -0.3 is 21.1 Å². The SMILES string of the molecule is CCOC1CC(NC(=NC)NCc2ccc(C(N)=O)cc2)C1(CC)CC.I. The molecule has 1 aliphatic carbocycles. The van der Waals surface area contributed by atoms with E-state index in [4.69, 9.17) is 10.5 Å². The van der Waals surface area contributed by atoms with E-state index in [1.165, 1.54) is 0 Å². The van der Waals surface area contributed by atoms with Crippen LogP contribution in [0.4, 0.5) is 0 Å². The van der Waals surface area contributed by atoms with Gasteiger partial charge in [-0.3, -0.25) is 9.79 Å². The van der Waals surface area contributed by atoms with Crippen molar-refractivity contribution < 1.29 is 9.53 Å². The summed E-state index contributed by atoms with van der Waals surface area (Å²) in [5.41, 5.74) is 7.02. The number of rotatable bonds is 8. The highest BCUT2D eigenvalue weighted by Crippen LogP contribution is 2.48. The van der Waals surface area contributed by atoms with Crippen LogP contribution in [0.3, 0.4) is 0 Å². The van der Waals surface area contributed by atoms with E-state index < -0.39 is 5.91 Å². The summed E-state index contributed by atoms with van der Waals surface area (Å²) >= 11 is 0. The first kappa shape index (κ1) is 23.7. The largest absolute Gasteiger partial charge is 0.378 e. The number of carbonyl (C=O) groups is 1. The first-order valence-electron chi connectivity index (χ1n) is 9.48. The summed E-state index contributed by atoms with van der Waals surface area (Å²) in [4.78, 5) is 15.5. The number of carbonyl (C=O) groups excluding carboxylic acids is 1. The zero-order chi connectivity index (χ0) is 19.2. The molecule has 152 valence electrons. The zero-order valence-electron chi connectivity index (χ0n) is 16.7. The number of primary amides is 1. The van der Waals surface area contributed by atoms with E-state index >= 15 is 0 Å². The number of nitrogens with one attached hydrogen (secondary N) is 2. The number of halogens is 1. The molecule has 0 aliphatic heterocycles. The van der Waals surface area contributed by atoms with E-state index in [9.17, 15) is 4.79 Å². The third kappa shape index (κ3) is 5.34. The first-order chi connectivity index (χ1) is 12.5. The second-order valence-corrected chi connectivity index (χ2v) is 6.80. The minimum Gasteiger partial charge on any atom is -0.378 e. The standard InChI is InChI=1S/C20H32N4O2.HI/c1-5-20(6-2)16(12-17(20)26-7-3)24-19(22-4)23-13-14-8-10-15(11-9-14)18(21)25;/h8-11,16-17H,5-7,12-13H2,1-4H3,(H2,21,25)(H2,22,23,24);1H. The van der Waals surface area contributed by atoms with Crippen LogP contribution in [0.2, 0.25) is 0 Å². The van der Waals surface area contributed by atoms with Gasteiger partial charge in [-0.15, -0.1) is 24.0 Å². The Kier molecular flexibility index (Phi) is 9.52. The smallest absolute Gasteiger partial charge is 0.248 e. The number of nitrogens with two attached hydrogens (primary N) is 1. The second-order valence-electron chi connectivity index (χ2n) is 6.80. The normalized spacial score (nSPS) is 21.0. The Labute approximate surface area is 179 Å². The lowest BCUT2D eigenvalue weighted by atomic mass is 9.58. The Hall–Kier alpha value is -1.35. The van der Waals surface area contributed by atoms with Gasteiger partial charge >= 0.3 is 0 Å². The van der Waals surface area contributed by atoms with Gasteiger partial charge in [-0.2, -0.15) is 0 Å². The minimum absolute atomic E-state index is 0. The summed E-state index contributed by atoms with van der Waals surface area (Å²) in [5.74, 6) is 0.376. The molecule has 0 spiro atoms. The van der Waals surface area contributed by atoms with Gasteiger partial charge in [0.15, 0.2) is 5.96 Å². The van der Waals surface area contributed by atoms with Crippen LogP contribution >= 0.6 is 24.0 Å². The third-order valence-electron chi connectivity index (χ3n) is 5.70. The number of nitrogens with zero attached hydrogens (tertiary/aromatic N) is 1. The Balaban J connectivity index is 0.00000364. The molecule has 0 bridgehead atoms. The van der Waals surface area contributed by atoms with Crippen molar-refractivity contribution in [3.8, 4) is 0 Å². The molecule has 27 heavy (non-hydrogen) atoms. The van der Waals surface area contributed by atoms with Gasteiger partial charge in [0, 0.05) is 37.2 Å². The van der Waals surface area contributed by atoms with Gasteiger partial charge in [0.05, 0.1) is 6.10 Å². The summed E-state index contributed by atoms with van der Waals surface area (Å²) in [6, 6.07) is 7.65. The summed E-state index contributed by atoms with van der Waals surface area (Å²) in [7, 11) is 1.78. The quantitative estimate of drug-likeness (QED) is 0.298. The van der Waals surface area contributed by atoms with Gasteiger partial charge in [-0.05, 0) is 43.9 Å². The summed E-state index contributed by atoms with van der Waals surface area (Å²) in [6.45, 7) is 7.92. The van der Waals surface area contributed by atoms with Crippen molar-refractivity contribution in [2.75, 3.05) is 13.7 Å². The number of amides is 1. The van der Waals surface area contributed by atoms with Crippen LogP contribution < -0.4 is 16.4 Å². The Morgan fingerprint density at radius 1 is 1.26 bits per heavy atom. The van der Waals surface area contributed by atoms with Crippen molar-refractivity contribution >= 4 is 35.8 Å². The maximum absolute atomic E-state index is 11.1. The third-order valence-corrected chi connectivity index (χ3v) is 5.70. The van der Waals surface area contributed by atoms with Crippen molar-refractivity contribution in [2.24, 2.45) is 16.1 Å². The predicted molar refractivity (Wildman–Crippen MR) is 121 cm³/mol. The average molecular weight is 488 g/mol. The highest BCUT2D eigenvalue weighted by Gasteiger charge is 2.53. The molecule has 1 aromatic carbocycles. The maximum atomic E-state index is 11.1. The average Bonchev–Trinajstić information content (AvgIpc) is 2.65. The van der Waals surface area contributed by atoms with Crippen molar-refractivity contribution in [1.82, 2.24) is 10.6 Å². The van der Waals surface area contributed by atoms with Gasteiger partial charge in [0.2, 0.25) is 5.91 Å². The van der Waals surface area contributed by atoms with Gasteiger partial charge in [-0.1, -0.05) is 26.0 Å². The topological polar surface area (TPSA) is 88.7 Å². The molecule has 1 fully saturated rings. The number of aliphatic imine (C=N–C) groups is 1. The van der Waals surface area contributed by atoms with E-state index in [0.29, 0.717) is 24.3 Å².